The maximum Gasteiger partial charge on any atom is 0.152 e. The molecule has 0 fully saturated rings. The zero-order valence-corrected chi connectivity index (χ0v) is 19.4. The van der Waals surface area contributed by atoms with Gasteiger partial charge in [0.2, 0.25) is 0 Å². The third-order valence-corrected chi connectivity index (χ3v) is 4.18. The van der Waals surface area contributed by atoms with Crippen molar-refractivity contribution in [2.75, 3.05) is 0 Å². The molecule has 0 spiro atoms. The van der Waals surface area contributed by atoms with Crippen LogP contribution < -0.4 is 0 Å². The Morgan fingerprint density at radius 1 is 0.774 bits per heavy atom. The lowest BCUT2D eigenvalue weighted by molar-refractivity contribution is 0.375. The SMILES string of the molecule is C.CC.CC.CCC.Oc1c(N=Nc2ccccc2)c(S(O)(O)O)cc2ccccc12. The summed E-state index contributed by atoms with van der Waals surface area (Å²) in [5, 5.41) is 19.3. The van der Waals surface area contributed by atoms with Crippen LogP contribution in [0, 0.1) is 0 Å². The van der Waals surface area contributed by atoms with Gasteiger partial charge in [-0.05, 0) is 23.6 Å². The molecule has 0 aliphatic rings. The number of hydrogen-bond acceptors (Lipinski definition) is 6. The van der Waals surface area contributed by atoms with Gasteiger partial charge >= 0.3 is 0 Å². The first-order valence-corrected chi connectivity index (χ1v) is 11.6. The molecule has 0 saturated heterocycles. The third kappa shape index (κ3) is 9.48. The molecule has 0 aliphatic heterocycles. The van der Waals surface area contributed by atoms with Crippen molar-refractivity contribution in [1.29, 1.82) is 0 Å². The first kappa shape index (κ1) is 30.7. The molecule has 6 nitrogen and oxygen atoms in total. The smallest absolute Gasteiger partial charge is 0.152 e. The fourth-order valence-corrected chi connectivity index (χ4v) is 2.88. The molecule has 0 bridgehead atoms. The molecule has 3 aromatic rings. The van der Waals surface area contributed by atoms with Crippen molar-refractivity contribution in [1.82, 2.24) is 0 Å². The Labute approximate surface area is 188 Å². The molecule has 0 unspecified atom stereocenters. The van der Waals surface area contributed by atoms with Crippen LogP contribution >= 0.6 is 10.9 Å². The van der Waals surface area contributed by atoms with Gasteiger partial charge in [-0.25, -0.2) is 0 Å². The van der Waals surface area contributed by atoms with Crippen LogP contribution in [-0.4, -0.2) is 18.8 Å². The van der Waals surface area contributed by atoms with E-state index < -0.39 is 10.9 Å². The number of benzene rings is 3. The number of aromatic hydroxyl groups is 1. The quantitative estimate of drug-likeness (QED) is 0.298. The normalized spacial score (nSPS) is 10.5. The highest BCUT2D eigenvalue weighted by molar-refractivity contribution is 8.19. The van der Waals surface area contributed by atoms with Crippen molar-refractivity contribution < 1.29 is 18.8 Å². The highest BCUT2D eigenvalue weighted by Gasteiger charge is 2.25. The second kappa shape index (κ2) is 16.3. The van der Waals surface area contributed by atoms with Gasteiger partial charge in [-0.1, -0.05) is 97.9 Å². The van der Waals surface area contributed by atoms with E-state index in [1.165, 1.54) is 12.5 Å². The summed E-state index contributed by atoms with van der Waals surface area (Å²) in [7, 11) is -4.07. The molecule has 0 aromatic heterocycles. The van der Waals surface area contributed by atoms with E-state index >= 15 is 0 Å². The maximum atomic E-state index is 10.4. The second-order valence-electron chi connectivity index (χ2n) is 5.55. The number of phenolic OH excluding ortho intramolecular Hbond substituents is 1. The first-order valence-electron chi connectivity index (χ1n) is 10.1. The standard InChI is InChI=1S/C16H14N2O4S.C3H8.2C2H6.CH4/c19-16-13-9-5-4-6-11(13)10-14(23(20,21)22)15(16)18-17-12-7-2-1-3-8-12;1-3-2;2*1-2;/h1-10,19-22H;3H2,1-2H3;2*1-2H3;1H4. The molecule has 3 rings (SSSR count). The highest BCUT2D eigenvalue weighted by atomic mass is 32.3. The average Bonchev–Trinajstić information content (AvgIpc) is 2.76. The van der Waals surface area contributed by atoms with E-state index in [0.717, 1.165) is 0 Å². The Hall–Kier alpha value is -2.45. The van der Waals surface area contributed by atoms with Crippen LogP contribution in [0.5, 0.6) is 5.75 Å². The number of phenols is 1. The third-order valence-electron chi connectivity index (χ3n) is 3.28. The summed E-state index contributed by atoms with van der Waals surface area (Å²) in [4.78, 5) is -0.270. The van der Waals surface area contributed by atoms with Crippen molar-refractivity contribution in [3.63, 3.8) is 0 Å². The molecule has 0 heterocycles. The minimum Gasteiger partial charge on any atom is -0.505 e. The van der Waals surface area contributed by atoms with Gasteiger partial charge < -0.3 is 18.8 Å². The van der Waals surface area contributed by atoms with E-state index in [0.29, 0.717) is 16.5 Å². The summed E-state index contributed by atoms with van der Waals surface area (Å²) < 4.78 is 28.9. The molecule has 0 amide bonds. The summed E-state index contributed by atoms with van der Waals surface area (Å²) in [6.07, 6.45) is 1.25. The molecular weight excluding hydrogens is 412 g/mol. The first-order chi connectivity index (χ1) is 14.4. The molecule has 0 radical (unpaired) electrons. The molecule has 3 aromatic carbocycles. The number of rotatable bonds is 3. The Kier molecular flexibility index (Phi) is 16.1. The Balaban J connectivity index is 0. The molecule has 31 heavy (non-hydrogen) atoms. The summed E-state index contributed by atoms with van der Waals surface area (Å²) in [5.74, 6) is -0.271. The van der Waals surface area contributed by atoms with Crippen LogP contribution in [0.1, 0.15) is 55.4 Å². The van der Waals surface area contributed by atoms with Gasteiger partial charge in [-0.15, -0.1) is 5.11 Å². The number of fused-ring (bicyclic) bond motifs is 1. The Morgan fingerprint density at radius 3 is 1.77 bits per heavy atom. The predicted molar refractivity (Wildman–Crippen MR) is 135 cm³/mol. The second-order valence-corrected chi connectivity index (χ2v) is 7.03. The lowest BCUT2D eigenvalue weighted by Crippen LogP contribution is -1.96. The molecule has 0 aliphatic carbocycles. The molecule has 0 saturated carbocycles. The molecule has 174 valence electrons. The summed E-state index contributed by atoms with van der Waals surface area (Å²) in [6, 6.07) is 17.0. The number of nitrogens with zero attached hydrogens (tertiary/aromatic N) is 2. The van der Waals surface area contributed by atoms with Crippen molar-refractivity contribution in [2.24, 2.45) is 10.2 Å². The number of hydrogen-bond donors (Lipinski definition) is 4. The summed E-state index contributed by atoms with van der Waals surface area (Å²) >= 11 is 0. The fourth-order valence-electron chi connectivity index (χ4n) is 2.20. The lowest BCUT2D eigenvalue weighted by Gasteiger charge is -2.22. The topological polar surface area (TPSA) is 106 Å². The van der Waals surface area contributed by atoms with Crippen molar-refractivity contribution in [3.8, 4) is 5.75 Å². The molecule has 4 N–H and O–H groups in total. The van der Waals surface area contributed by atoms with Crippen LogP contribution in [-0.2, 0) is 0 Å². The Bertz CT molecular complexity index is 895. The zero-order chi connectivity index (χ0) is 23.2. The lowest BCUT2D eigenvalue weighted by atomic mass is 10.1. The zero-order valence-electron chi connectivity index (χ0n) is 18.6. The monoisotopic (exact) mass is 450 g/mol. The molecular formula is C24H38N2O4S. The van der Waals surface area contributed by atoms with Crippen LogP contribution in [0.25, 0.3) is 10.8 Å². The van der Waals surface area contributed by atoms with E-state index in [4.69, 9.17) is 0 Å². The summed E-state index contributed by atoms with van der Waals surface area (Å²) in [6.45, 7) is 12.2. The van der Waals surface area contributed by atoms with Gasteiger partial charge in [0.15, 0.2) is 5.75 Å². The minimum absolute atomic E-state index is 0. The predicted octanol–water partition coefficient (Wildman–Crippen LogP) is 9.65. The number of azo groups is 1. The van der Waals surface area contributed by atoms with Crippen molar-refractivity contribution in [2.45, 2.75) is 60.3 Å². The summed E-state index contributed by atoms with van der Waals surface area (Å²) in [5.41, 5.74) is 0.357. The van der Waals surface area contributed by atoms with Crippen molar-refractivity contribution >= 4 is 33.0 Å². The Morgan fingerprint density at radius 2 is 1.26 bits per heavy atom. The van der Waals surface area contributed by atoms with Gasteiger partial charge in [0.1, 0.15) is 16.6 Å². The largest absolute Gasteiger partial charge is 0.505 e. The maximum absolute atomic E-state index is 10.4. The molecule has 0 atom stereocenters. The van der Waals surface area contributed by atoms with Crippen LogP contribution in [0.15, 0.2) is 75.8 Å². The fraction of sp³-hybridized carbons (Fsp3) is 0.333. The van der Waals surface area contributed by atoms with Gasteiger partial charge in [0, 0.05) is 5.39 Å². The van der Waals surface area contributed by atoms with E-state index in [1.54, 1.807) is 48.5 Å². The van der Waals surface area contributed by atoms with E-state index in [1.807, 2.05) is 33.8 Å². The highest BCUT2D eigenvalue weighted by Crippen LogP contribution is 2.54. The van der Waals surface area contributed by atoms with Crippen LogP contribution in [0.4, 0.5) is 11.4 Å². The van der Waals surface area contributed by atoms with E-state index in [2.05, 4.69) is 24.1 Å². The van der Waals surface area contributed by atoms with Gasteiger partial charge in [-0.2, -0.15) is 5.11 Å². The van der Waals surface area contributed by atoms with Gasteiger partial charge in [0.05, 0.1) is 10.6 Å². The minimum atomic E-state index is -4.07. The van der Waals surface area contributed by atoms with Crippen LogP contribution in [0.2, 0.25) is 0 Å². The van der Waals surface area contributed by atoms with Gasteiger partial charge in [0.25, 0.3) is 0 Å². The van der Waals surface area contributed by atoms with Gasteiger partial charge in [-0.3, -0.25) is 0 Å². The average molecular weight is 451 g/mol. The van der Waals surface area contributed by atoms with Crippen molar-refractivity contribution in [3.05, 3.63) is 60.7 Å². The van der Waals surface area contributed by atoms with E-state index in [9.17, 15) is 18.8 Å². The molecule has 7 heteroatoms. The van der Waals surface area contributed by atoms with E-state index in [-0.39, 0.29) is 23.8 Å². The van der Waals surface area contributed by atoms with Crippen LogP contribution in [0.3, 0.4) is 0 Å².